The number of hydrogen-bond donors (Lipinski definition) is 2. The molecule has 8 heteroatoms. The minimum atomic E-state index is -0.259. The first kappa shape index (κ1) is 15.1. The van der Waals surface area contributed by atoms with E-state index in [0.717, 1.165) is 0 Å². The van der Waals surface area contributed by atoms with Crippen LogP contribution in [0.15, 0.2) is 15.9 Å². The number of ether oxygens (including phenoxy) is 1. The maximum Gasteiger partial charge on any atom is 0.254 e. The number of hydrogen-bond acceptors (Lipinski definition) is 6. The van der Waals surface area contributed by atoms with Crippen LogP contribution in [-0.2, 0) is 4.74 Å². The molecule has 0 atom stereocenters. The predicted octanol–water partition coefficient (Wildman–Crippen LogP) is -0.733. The van der Waals surface area contributed by atoms with Crippen molar-refractivity contribution in [3.05, 3.63) is 16.4 Å². The van der Waals surface area contributed by atoms with Gasteiger partial charge in [0, 0.05) is 27.2 Å². The molecule has 0 amide bonds. The molecule has 0 bridgehead atoms. The molecule has 2 N–H and O–H groups in total. The minimum absolute atomic E-state index is 0.0666. The summed E-state index contributed by atoms with van der Waals surface area (Å²) >= 11 is 0. The molecule has 0 aliphatic heterocycles. The molecule has 1 aromatic rings. The van der Waals surface area contributed by atoms with Crippen LogP contribution in [0.1, 0.15) is 0 Å². The zero-order chi connectivity index (χ0) is 14.3. The predicted molar refractivity (Wildman–Crippen MR) is 74.0 cm³/mol. The fourth-order valence-corrected chi connectivity index (χ4v) is 1.32. The van der Waals surface area contributed by atoms with Gasteiger partial charge in [-0.25, -0.2) is 0 Å². The van der Waals surface area contributed by atoms with Gasteiger partial charge < -0.3 is 14.7 Å². The summed E-state index contributed by atoms with van der Waals surface area (Å²) < 4.78 is 5.21. The molecule has 1 heterocycles. The fourth-order valence-electron chi connectivity index (χ4n) is 1.32. The summed E-state index contributed by atoms with van der Waals surface area (Å²) in [5.74, 6) is 0.871. The highest BCUT2D eigenvalue weighted by atomic mass is 16.5. The van der Waals surface area contributed by atoms with Gasteiger partial charge in [0.15, 0.2) is 0 Å². The maximum atomic E-state index is 11.6. The van der Waals surface area contributed by atoms with E-state index in [4.69, 9.17) is 9.84 Å². The lowest BCUT2D eigenvalue weighted by molar-refractivity contribution is 0.0980. The second kappa shape index (κ2) is 7.49. The molecule has 1 rings (SSSR count). The van der Waals surface area contributed by atoms with Crippen LogP contribution in [0.3, 0.4) is 0 Å². The third kappa shape index (κ3) is 4.68. The van der Waals surface area contributed by atoms with Crippen LogP contribution in [0.5, 0.6) is 0 Å². The highest BCUT2D eigenvalue weighted by Gasteiger charge is 2.09. The van der Waals surface area contributed by atoms with E-state index < -0.39 is 0 Å². The molecule has 0 radical (unpaired) electrons. The van der Waals surface area contributed by atoms with E-state index in [1.165, 1.54) is 12.4 Å². The van der Waals surface area contributed by atoms with Gasteiger partial charge in [-0.3, -0.25) is 19.7 Å². The molecular weight excluding hydrogens is 250 g/mol. The normalized spacial score (nSPS) is 10.9. The van der Waals surface area contributed by atoms with Crippen molar-refractivity contribution in [2.24, 2.45) is 4.99 Å². The largest absolute Gasteiger partial charge is 0.394 e. The SMILES string of the molecule is CN=CN(COCCO)c1cc(=O)[nH]c(N(C)C)n1. The quantitative estimate of drug-likeness (QED) is 0.293. The highest BCUT2D eigenvalue weighted by molar-refractivity contribution is 5.76. The Bertz CT molecular complexity index is 472. The molecule has 0 unspecified atom stereocenters. The Hall–Kier alpha value is -1.93. The lowest BCUT2D eigenvalue weighted by Crippen LogP contribution is -2.29. The van der Waals surface area contributed by atoms with E-state index in [2.05, 4.69) is 15.0 Å². The summed E-state index contributed by atoms with van der Waals surface area (Å²) in [6.07, 6.45) is 1.51. The lowest BCUT2D eigenvalue weighted by atomic mass is 10.5. The minimum Gasteiger partial charge on any atom is -0.394 e. The van der Waals surface area contributed by atoms with Gasteiger partial charge in [0.25, 0.3) is 5.56 Å². The first-order valence-electron chi connectivity index (χ1n) is 5.74. The Labute approximate surface area is 111 Å². The van der Waals surface area contributed by atoms with Crippen molar-refractivity contribution in [3.8, 4) is 0 Å². The molecule has 0 spiro atoms. The van der Waals surface area contributed by atoms with Crippen molar-refractivity contribution in [1.29, 1.82) is 0 Å². The van der Waals surface area contributed by atoms with E-state index in [1.54, 1.807) is 30.9 Å². The summed E-state index contributed by atoms with van der Waals surface area (Å²) in [4.78, 5) is 25.7. The number of aliphatic hydroxyl groups is 1. The van der Waals surface area contributed by atoms with Crippen LogP contribution in [0.25, 0.3) is 0 Å². The van der Waals surface area contributed by atoms with Gasteiger partial charge >= 0.3 is 0 Å². The van der Waals surface area contributed by atoms with E-state index in [1.807, 2.05) is 0 Å². The number of aromatic amines is 1. The van der Waals surface area contributed by atoms with Crippen molar-refractivity contribution in [2.45, 2.75) is 0 Å². The van der Waals surface area contributed by atoms with E-state index in [0.29, 0.717) is 11.8 Å². The molecule has 0 aromatic carbocycles. The number of aliphatic imine (C=N–C) groups is 1. The highest BCUT2D eigenvalue weighted by Crippen LogP contribution is 2.09. The molecule has 106 valence electrons. The Morgan fingerprint density at radius 1 is 1.58 bits per heavy atom. The third-order valence-corrected chi connectivity index (χ3v) is 2.15. The van der Waals surface area contributed by atoms with Crippen molar-refractivity contribution in [3.63, 3.8) is 0 Å². The Balaban J connectivity index is 2.97. The van der Waals surface area contributed by atoms with Crippen LogP contribution in [0.4, 0.5) is 11.8 Å². The van der Waals surface area contributed by atoms with Crippen LogP contribution in [0, 0.1) is 0 Å². The first-order valence-corrected chi connectivity index (χ1v) is 5.74. The second-order valence-electron chi connectivity index (χ2n) is 3.93. The van der Waals surface area contributed by atoms with Gasteiger partial charge in [-0.2, -0.15) is 4.98 Å². The Morgan fingerprint density at radius 3 is 2.89 bits per heavy atom. The summed E-state index contributed by atoms with van der Waals surface area (Å²) in [6, 6.07) is 1.36. The summed E-state index contributed by atoms with van der Waals surface area (Å²) in [5.41, 5.74) is -0.259. The number of anilines is 2. The number of rotatable bonds is 7. The monoisotopic (exact) mass is 269 g/mol. The number of aromatic nitrogens is 2. The van der Waals surface area contributed by atoms with Crippen LogP contribution < -0.4 is 15.4 Å². The summed E-state index contributed by atoms with van der Waals surface area (Å²) in [7, 11) is 5.17. The number of aliphatic hydroxyl groups excluding tert-OH is 1. The van der Waals surface area contributed by atoms with Crippen molar-refractivity contribution < 1.29 is 9.84 Å². The van der Waals surface area contributed by atoms with Gasteiger partial charge in [-0.15, -0.1) is 0 Å². The smallest absolute Gasteiger partial charge is 0.254 e. The average Bonchev–Trinajstić information content (AvgIpc) is 2.37. The summed E-state index contributed by atoms with van der Waals surface area (Å²) in [6.45, 7) is 0.294. The van der Waals surface area contributed by atoms with Crippen molar-refractivity contribution in [1.82, 2.24) is 9.97 Å². The summed E-state index contributed by atoms with van der Waals surface area (Å²) in [5, 5.41) is 8.69. The molecule has 0 fully saturated rings. The molecule has 8 nitrogen and oxygen atoms in total. The Kier molecular flexibility index (Phi) is 5.97. The molecule has 0 saturated heterocycles. The third-order valence-electron chi connectivity index (χ3n) is 2.15. The van der Waals surface area contributed by atoms with Crippen LogP contribution >= 0.6 is 0 Å². The standard InChI is InChI=1S/C11H19N5O3/c1-12-7-16(8-19-5-4-17)9-6-10(18)14-11(13-9)15(2)3/h6-7,17H,4-5,8H2,1-3H3,(H,13,14,18). The van der Waals surface area contributed by atoms with Gasteiger partial charge in [0.2, 0.25) is 5.95 Å². The van der Waals surface area contributed by atoms with Gasteiger partial charge in [0.1, 0.15) is 12.5 Å². The maximum absolute atomic E-state index is 11.6. The average molecular weight is 269 g/mol. The van der Waals surface area contributed by atoms with Crippen molar-refractivity contribution in [2.75, 3.05) is 50.9 Å². The molecular formula is C11H19N5O3. The number of H-pyrrole nitrogens is 1. The molecule has 0 aliphatic rings. The molecule has 19 heavy (non-hydrogen) atoms. The fraction of sp³-hybridized carbons (Fsp3) is 0.545. The van der Waals surface area contributed by atoms with Gasteiger partial charge in [-0.05, 0) is 0 Å². The van der Waals surface area contributed by atoms with E-state index in [9.17, 15) is 4.79 Å². The second-order valence-corrected chi connectivity index (χ2v) is 3.93. The number of nitrogens with one attached hydrogen (secondary N) is 1. The van der Waals surface area contributed by atoms with Gasteiger partial charge in [-0.1, -0.05) is 0 Å². The van der Waals surface area contributed by atoms with Gasteiger partial charge in [0.05, 0.1) is 19.6 Å². The number of nitrogens with zero attached hydrogens (tertiary/aromatic N) is 4. The van der Waals surface area contributed by atoms with Crippen LogP contribution in [-0.4, -0.2) is 62.5 Å². The zero-order valence-electron chi connectivity index (χ0n) is 11.3. The lowest BCUT2D eigenvalue weighted by Gasteiger charge is -2.19. The van der Waals surface area contributed by atoms with E-state index in [-0.39, 0.29) is 25.5 Å². The molecule has 1 aromatic heterocycles. The first-order chi connectivity index (χ1) is 9.08. The molecule has 0 saturated carbocycles. The zero-order valence-corrected chi connectivity index (χ0v) is 11.3. The van der Waals surface area contributed by atoms with Crippen LogP contribution in [0.2, 0.25) is 0 Å². The van der Waals surface area contributed by atoms with E-state index >= 15 is 0 Å². The molecule has 0 aliphatic carbocycles. The van der Waals surface area contributed by atoms with Crippen molar-refractivity contribution >= 4 is 18.1 Å². The Morgan fingerprint density at radius 2 is 2.32 bits per heavy atom. The topological polar surface area (TPSA) is 94.0 Å².